The number of aromatic nitrogens is 1. The molecule has 8 nitrogen and oxygen atoms in total. The van der Waals surface area contributed by atoms with Crippen molar-refractivity contribution in [2.75, 3.05) is 36.5 Å². The lowest BCUT2D eigenvalue weighted by Gasteiger charge is -2.28. The molecular formula is C17H26N4O4. The van der Waals surface area contributed by atoms with E-state index in [9.17, 15) is 9.59 Å². The van der Waals surface area contributed by atoms with Crippen molar-refractivity contribution >= 4 is 23.5 Å². The summed E-state index contributed by atoms with van der Waals surface area (Å²) in [5.41, 5.74) is 0.739. The van der Waals surface area contributed by atoms with Crippen molar-refractivity contribution < 1.29 is 19.4 Å². The second-order valence-electron chi connectivity index (χ2n) is 6.76. The van der Waals surface area contributed by atoms with Crippen molar-refractivity contribution in [3.05, 3.63) is 17.8 Å². The second-order valence-corrected chi connectivity index (χ2v) is 6.76. The number of carboxylic acid groups (broad SMARTS) is 1. The molecular weight excluding hydrogens is 324 g/mol. The van der Waals surface area contributed by atoms with Gasteiger partial charge in [-0.25, -0.2) is 9.78 Å². The Hall–Kier alpha value is -2.35. The number of aryl methyl sites for hydroxylation is 1. The minimum absolute atomic E-state index is 0.00209. The fourth-order valence-electron chi connectivity index (χ4n) is 2.59. The fraction of sp³-hybridized carbons (Fsp3) is 0.588. The zero-order valence-electron chi connectivity index (χ0n) is 15.0. The number of urea groups is 1. The number of ether oxygens (including phenoxy) is 1. The van der Waals surface area contributed by atoms with Crippen LogP contribution in [0.25, 0.3) is 0 Å². The van der Waals surface area contributed by atoms with Crippen LogP contribution in [0.1, 0.15) is 32.4 Å². The van der Waals surface area contributed by atoms with Crippen molar-refractivity contribution in [3.8, 4) is 0 Å². The largest absolute Gasteiger partial charge is 0.481 e. The molecule has 0 unspecified atom stereocenters. The Morgan fingerprint density at radius 1 is 1.32 bits per heavy atom. The van der Waals surface area contributed by atoms with Gasteiger partial charge in [-0.15, -0.1) is 0 Å². The van der Waals surface area contributed by atoms with Crippen molar-refractivity contribution in [1.82, 2.24) is 10.3 Å². The van der Waals surface area contributed by atoms with Crippen molar-refractivity contribution in [3.63, 3.8) is 0 Å². The molecule has 2 amide bonds. The third kappa shape index (κ3) is 5.90. The summed E-state index contributed by atoms with van der Waals surface area (Å²) < 4.78 is 5.34. The van der Waals surface area contributed by atoms with Crippen LogP contribution in [0.3, 0.4) is 0 Å². The van der Waals surface area contributed by atoms with E-state index in [0.717, 1.165) is 24.6 Å². The Labute approximate surface area is 147 Å². The molecule has 3 N–H and O–H groups in total. The van der Waals surface area contributed by atoms with Crippen LogP contribution in [0.2, 0.25) is 0 Å². The molecule has 1 aromatic heterocycles. The number of rotatable bonds is 6. The third-order valence-corrected chi connectivity index (χ3v) is 4.07. The van der Waals surface area contributed by atoms with E-state index in [-0.39, 0.29) is 12.5 Å². The molecule has 1 aromatic rings. The molecule has 25 heavy (non-hydrogen) atoms. The zero-order chi connectivity index (χ0) is 18.4. The molecule has 1 saturated heterocycles. The molecule has 0 aliphatic carbocycles. The van der Waals surface area contributed by atoms with Crippen molar-refractivity contribution in [2.45, 2.75) is 39.2 Å². The highest BCUT2D eigenvalue weighted by atomic mass is 16.5. The summed E-state index contributed by atoms with van der Waals surface area (Å²) in [6, 6.07) is 3.33. The zero-order valence-corrected chi connectivity index (χ0v) is 15.0. The first kappa shape index (κ1) is 19.0. The van der Waals surface area contributed by atoms with Crippen LogP contribution in [0, 0.1) is 6.92 Å². The number of morpholine rings is 1. The summed E-state index contributed by atoms with van der Waals surface area (Å²) in [6.07, 6.45) is 0.352. The van der Waals surface area contributed by atoms with Gasteiger partial charge in [-0.05, 0) is 39.3 Å². The molecule has 0 saturated carbocycles. The van der Waals surface area contributed by atoms with Gasteiger partial charge >= 0.3 is 12.0 Å². The van der Waals surface area contributed by atoms with Crippen molar-refractivity contribution in [1.29, 1.82) is 0 Å². The maximum absolute atomic E-state index is 12.2. The number of hydrogen-bond donors (Lipinski definition) is 3. The molecule has 0 spiro atoms. The summed E-state index contributed by atoms with van der Waals surface area (Å²) in [5.74, 6) is -0.0115. The molecule has 0 radical (unpaired) electrons. The Morgan fingerprint density at radius 3 is 2.60 bits per heavy atom. The number of hydrogen-bond acceptors (Lipinski definition) is 5. The van der Waals surface area contributed by atoms with Crippen LogP contribution in [-0.4, -0.2) is 53.9 Å². The maximum Gasteiger partial charge on any atom is 0.319 e. The van der Waals surface area contributed by atoms with E-state index in [1.165, 1.54) is 0 Å². The summed E-state index contributed by atoms with van der Waals surface area (Å²) in [5, 5.41) is 14.3. The van der Waals surface area contributed by atoms with Gasteiger partial charge in [0.1, 0.15) is 5.82 Å². The third-order valence-electron chi connectivity index (χ3n) is 4.07. The lowest BCUT2D eigenvalue weighted by molar-refractivity contribution is -0.137. The van der Waals surface area contributed by atoms with Crippen LogP contribution in [0.4, 0.5) is 16.3 Å². The van der Waals surface area contributed by atoms with Gasteiger partial charge in [0.2, 0.25) is 0 Å². The number of carbonyl (C=O) groups excluding carboxylic acids is 1. The Balaban J connectivity index is 1.95. The molecule has 1 aliphatic rings. The monoisotopic (exact) mass is 350 g/mol. The minimum atomic E-state index is -0.881. The lowest BCUT2D eigenvalue weighted by Crippen LogP contribution is -2.45. The normalized spacial score (nSPS) is 14.9. The van der Waals surface area contributed by atoms with Crippen LogP contribution in [0.5, 0.6) is 0 Å². The highest BCUT2D eigenvalue weighted by Gasteiger charge is 2.22. The molecule has 0 aromatic carbocycles. The Morgan fingerprint density at radius 2 is 2.00 bits per heavy atom. The summed E-state index contributed by atoms with van der Waals surface area (Å²) in [4.78, 5) is 29.6. The van der Waals surface area contributed by atoms with Crippen LogP contribution < -0.4 is 15.5 Å². The van der Waals surface area contributed by atoms with E-state index in [1.807, 2.05) is 19.1 Å². The van der Waals surface area contributed by atoms with Crippen LogP contribution >= 0.6 is 0 Å². The number of amides is 2. The van der Waals surface area contributed by atoms with Crippen LogP contribution in [0.15, 0.2) is 12.1 Å². The van der Waals surface area contributed by atoms with E-state index in [2.05, 4.69) is 20.5 Å². The summed E-state index contributed by atoms with van der Waals surface area (Å²) in [6.45, 7) is 8.41. The molecule has 2 heterocycles. The average Bonchev–Trinajstić information content (AvgIpc) is 2.55. The Kier molecular flexibility index (Phi) is 6.19. The number of anilines is 2. The number of carbonyl (C=O) groups is 2. The van der Waals surface area contributed by atoms with Crippen LogP contribution in [-0.2, 0) is 9.53 Å². The van der Waals surface area contributed by atoms with Crippen molar-refractivity contribution in [2.24, 2.45) is 0 Å². The highest BCUT2D eigenvalue weighted by Crippen LogP contribution is 2.20. The molecule has 1 fully saturated rings. The SMILES string of the molecule is Cc1nc(N2CCOCC2)ccc1NC(=O)NC(C)(C)CCC(=O)O. The molecule has 8 heteroatoms. The number of nitrogens with one attached hydrogen (secondary N) is 2. The molecule has 1 aliphatic heterocycles. The summed E-state index contributed by atoms with van der Waals surface area (Å²) >= 11 is 0. The van der Waals surface area contributed by atoms with E-state index in [4.69, 9.17) is 9.84 Å². The smallest absolute Gasteiger partial charge is 0.319 e. The topological polar surface area (TPSA) is 104 Å². The minimum Gasteiger partial charge on any atom is -0.481 e. The van der Waals surface area contributed by atoms with Gasteiger partial charge in [-0.2, -0.15) is 0 Å². The molecule has 0 atom stereocenters. The summed E-state index contributed by atoms with van der Waals surface area (Å²) in [7, 11) is 0. The van der Waals surface area contributed by atoms with Gasteiger partial charge in [0.05, 0.1) is 24.6 Å². The first-order valence-corrected chi connectivity index (χ1v) is 8.38. The van der Waals surface area contributed by atoms with Gasteiger partial charge in [0.15, 0.2) is 0 Å². The van der Waals surface area contributed by atoms with E-state index in [0.29, 0.717) is 25.3 Å². The second kappa shape index (κ2) is 8.15. The predicted octanol–water partition coefficient (Wildman–Crippen LogP) is 1.99. The first-order valence-electron chi connectivity index (χ1n) is 8.38. The number of nitrogens with zero attached hydrogens (tertiary/aromatic N) is 2. The molecule has 138 valence electrons. The van der Waals surface area contributed by atoms with Gasteiger partial charge in [-0.3, -0.25) is 4.79 Å². The number of carboxylic acids is 1. The highest BCUT2D eigenvalue weighted by molar-refractivity contribution is 5.90. The fourth-order valence-corrected chi connectivity index (χ4v) is 2.59. The predicted molar refractivity (Wildman–Crippen MR) is 95.1 cm³/mol. The van der Waals surface area contributed by atoms with E-state index < -0.39 is 11.5 Å². The quantitative estimate of drug-likeness (QED) is 0.725. The average molecular weight is 350 g/mol. The Bertz CT molecular complexity index is 627. The molecule has 2 rings (SSSR count). The van der Waals surface area contributed by atoms with Gasteiger partial charge in [-0.1, -0.05) is 0 Å². The van der Waals surface area contributed by atoms with E-state index >= 15 is 0 Å². The number of pyridine rings is 1. The van der Waals surface area contributed by atoms with E-state index in [1.54, 1.807) is 13.8 Å². The molecule has 0 bridgehead atoms. The number of aliphatic carboxylic acids is 1. The lowest BCUT2D eigenvalue weighted by atomic mass is 9.99. The maximum atomic E-state index is 12.2. The van der Waals surface area contributed by atoms with Gasteiger partial charge in [0, 0.05) is 25.0 Å². The van der Waals surface area contributed by atoms with Gasteiger partial charge in [0.25, 0.3) is 0 Å². The standard InChI is InChI=1S/C17H26N4O4/c1-12-13(4-5-14(18-12)21-8-10-25-11-9-21)19-16(24)20-17(2,3)7-6-15(22)23/h4-5H,6-11H2,1-3H3,(H,22,23)(H2,19,20,24). The van der Waals surface area contributed by atoms with Gasteiger partial charge < -0.3 is 25.4 Å². The first-order chi connectivity index (χ1) is 11.8.